The second kappa shape index (κ2) is 9.69. The van der Waals surface area contributed by atoms with E-state index in [9.17, 15) is 0 Å². The molecule has 2 heterocycles. The minimum absolute atomic E-state index is 0.902. The summed E-state index contributed by atoms with van der Waals surface area (Å²) in [7, 11) is 0. The first-order valence-electron chi connectivity index (χ1n) is 15.7. The van der Waals surface area contributed by atoms with Gasteiger partial charge in [0, 0.05) is 21.5 Å². The van der Waals surface area contributed by atoms with E-state index in [1.54, 1.807) is 0 Å². The molecule has 0 aliphatic heterocycles. The molecule has 0 saturated heterocycles. The molecule has 0 radical (unpaired) electrons. The van der Waals surface area contributed by atoms with Crippen molar-refractivity contribution in [2.75, 3.05) is 0 Å². The number of para-hydroxylation sites is 2. The molecule has 10 aromatic rings. The first-order chi connectivity index (χ1) is 22.8. The van der Waals surface area contributed by atoms with Gasteiger partial charge in [-0.1, -0.05) is 121 Å². The van der Waals surface area contributed by atoms with Gasteiger partial charge in [-0.25, -0.2) is 0 Å². The smallest absolute Gasteiger partial charge is 0.136 e. The van der Waals surface area contributed by atoms with Gasteiger partial charge < -0.3 is 8.83 Å². The van der Waals surface area contributed by atoms with Crippen molar-refractivity contribution in [2.24, 2.45) is 0 Å². The largest absolute Gasteiger partial charge is 0.456 e. The second-order valence-electron chi connectivity index (χ2n) is 12.0. The van der Waals surface area contributed by atoms with Crippen molar-refractivity contribution in [3.05, 3.63) is 158 Å². The van der Waals surface area contributed by atoms with Crippen LogP contribution in [-0.2, 0) is 0 Å². The molecule has 46 heavy (non-hydrogen) atoms. The molecule has 0 bridgehead atoms. The summed E-state index contributed by atoms with van der Waals surface area (Å²) in [6, 6.07) is 56.2. The summed E-state index contributed by atoms with van der Waals surface area (Å²) in [5.41, 5.74) is 10.8. The van der Waals surface area contributed by atoms with Gasteiger partial charge in [0.25, 0.3) is 0 Å². The first-order valence-corrected chi connectivity index (χ1v) is 15.7. The van der Waals surface area contributed by atoms with Gasteiger partial charge >= 0.3 is 0 Å². The minimum atomic E-state index is 0.902. The van der Waals surface area contributed by atoms with E-state index in [1.807, 2.05) is 24.3 Å². The van der Waals surface area contributed by atoms with Crippen LogP contribution in [0.25, 0.3) is 98.8 Å². The van der Waals surface area contributed by atoms with E-state index >= 15 is 0 Å². The summed E-state index contributed by atoms with van der Waals surface area (Å²) >= 11 is 0. The van der Waals surface area contributed by atoms with E-state index in [2.05, 4.69) is 133 Å². The second-order valence-corrected chi connectivity index (χ2v) is 12.0. The number of furan rings is 2. The maximum atomic E-state index is 6.29. The average Bonchev–Trinajstić information content (AvgIpc) is 3.69. The number of benzene rings is 8. The Bertz CT molecular complexity index is 2800. The third-order valence-electron chi connectivity index (χ3n) is 9.47. The zero-order chi connectivity index (χ0) is 30.2. The van der Waals surface area contributed by atoms with Crippen molar-refractivity contribution in [3.8, 4) is 33.4 Å². The summed E-state index contributed by atoms with van der Waals surface area (Å²) in [4.78, 5) is 0. The molecule has 0 spiro atoms. The van der Waals surface area contributed by atoms with Crippen LogP contribution >= 0.6 is 0 Å². The minimum Gasteiger partial charge on any atom is -0.456 e. The normalized spacial score (nSPS) is 11.9. The van der Waals surface area contributed by atoms with Crippen LogP contribution in [0.2, 0.25) is 0 Å². The average molecular weight is 587 g/mol. The molecule has 0 N–H and O–H groups in total. The van der Waals surface area contributed by atoms with Crippen molar-refractivity contribution < 1.29 is 8.83 Å². The van der Waals surface area contributed by atoms with E-state index in [0.29, 0.717) is 0 Å². The van der Waals surface area contributed by atoms with Gasteiger partial charge in [0.1, 0.15) is 22.3 Å². The van der Waals surface area contributed by atoms with Crippen molar-refractivity contribution in [1.29, 1.82) is 0 Å². The number of hydrogen-bond donors (Lipinski definition) is 0. The molecule has 0 aliphatic rings. The Morgan fingerprint density at radius 1 is 0.283 bits per heavy atom. The van der Waals surface area contributed by atoms with Crippen molar-refractivity contribution in [2.45, 2.75) is 0 Å². The van der Waals surface area contributed by atoms with Crippen molar-refractivity contribution >= 4 is 65.4 Å². The van der Waals surface area contributed by atoms with Crippen LogP contribution in [0.5, 0.6) is 0 Å². The molecule has 2 nitrogen and oxygen atoms in total. The van der Waals surface area contributed by atoms with Gasteiger partial charge in [-0.15, -0.1) is 0 Å². The fraction of sp³-hybridized carbons (Fsp3) is 0. The molecule has 0 amide bonds. The quantitative estimate of drug-likeness (QED) is 0.193. The van der Waals surface area contributed by atoms with E-state index in [0.717, 1.165) is 49.4 Å². The fourth-order valence-electron chi connectivity index (χ4n) is 7.47. The molecule has 2 aromatic heterocycles. The van der Waals surface area contributed by atoms with Crippen molar-refractivity contribution in [3.63, 3.8) is 0 Å². The molecule has 8 aromatic carbocycles. The molecule has 0 fully saturated rings. The Labute approximate surface area is 264 Å². The molecule has 0 aliphatic carbocycles. The highest BCUT2D eigenvalue weighted by Crippen LogP contribution is 2.46. The van der Waals surface area contributed by atoms with Crippen LogP contribution in [0, 0.1) is 0 Å². The summed E-state index contributed by atoms with van der Waals surface area (Å²) in [5, 5.41) is 9.45. The molecule has 0 saturated carbocycles. The lowest BCUT2D eigenvalue weighted by molar-refractivity contribution is 0.668. The van der Waals surface area contributed by atoms with Crippen LogP contribution in [0.15, 0.2) is 167 Å². The van der Waals surface area contributed by atoms with Gasteiger partial charge in [0.2, 0.25) is 0 Å². The van der Waals surface area contributed by atoms with Crippen LogP contribution in [0.1, 0.15) is 0 Å². The van der Waals surface area contributed by atoms with Gasteiger partial charge in [0.05, 0.1) is 0 Å². The van der Waals surface area contributed by atoms with Gasteiger partial charge in [-0.2, -0.15) is 0 Å². The topological polar surface area (TPSA) is 26.3 Å². The number of fused-ring (bicyclic) bond motifs is 8. The third-order valence-corrected chi connectivity index (χ3v) is 9.47. The lowest BCUT2D eigenvalue weighted by atomic mass is 9.84. The van der Waals surface area contributed by atoms with Crippen molar-refractivity contribution in [1.82, 2.24) is 0 Å². The van der Waals surface area contributed by atoms with Gasteiger partial charge in [0.15, 0.2) is 0 Å². The highest BCUT2D eigenvalue weighted by atomic mass is 16.3. The van der Waals surface area contributed by atoms with Crippen LogP contribution in [0.4, 0.5) is 0 Å². The molecule has 0 unspecified atom stereocenters. The van der Waals surface area contributed by atoms with Crippen LogP contribution in [-0.4, -0.2) is 0 Å². The Kier molecular flexibility index (Phi) is 5.31. The molecule has 2 heteroatoms. The maximum Gasteiger partial charge on any atom is 0.136 e. The summed E-state index contributed by atoms with van der Waals surface area (Å²) in [5.74, 6) is 0. The summed E-state index contributed by atoms with van der Waals surface area (Å²) in [6.45, 7) is 0. The monoisotopic (exact) mass is 586 g/mol. The zero-order valence-electron chi connectivity index (χ0n) is 24.8. The molecular formula is C44H26O2. The Hall–Kier alpha value is -6.12. The summed E-state index contributed by atoms with van der Waals surface area (Å²) < 4.78 is 12.5. The van der Waals surface area contributed by atoms with E-state index in [4.69, 9.17) is 8.83 Å². The highest BCUT2D eigenvalue weighted by Gasteiger charge is 2.20. The van der Waals surface area contributed by atoms with Crippen LogP contribution < -0.4 is 0 Å². The maximum absolute atomic E-state index is 6.29. The molecular weight excluding hydrogens is 560 g/mol. The Morgan fingerprint density at radius 2 is 0.826 bits per heavy atom. The van der Waals surface area contributed by atoms with Crippen LogP contribution in [0.3, 0.4) is 0 Å². The molecule has 10 rings (SSSR count). The predicted molar refractivity (Wildman–Crippen MR) is 192 cm³/mol. The van der Waals surface area contributed by atoms with E-state index < -0.39 is 0 Å². The first kappa shape index (κ1) is 25.2. The third kappa shape index (κ3) is 3.65. The standard InChI is InChI=1S/C44H26O2/c1-2-11-27(12-3-1)42-32-14-4-5-15-33(32)43(29-22-24-40-36(26-29)31-13-6-8-18-38(31)45-40)37-25-28(21-23-34(37)42)30-17-10-20-41-44(30)35-16-7-9-19-39(35)46-41/h1-26H. The number of rotatable bonds is 3. The highest BCUT2D eigenvalue weighted by molar-refractivity contribution is 6.23. The predicted octanol–water partition coefficient (Wildman–Crippen LogP) is 12.8. The fourth-order valence-corrected chi connectivity index (χ4v) is 7.47. The molecule has 214 valence electrons. The van der Waals surface area contributed by atoms with Gasteiger partial charge in [-0.3, -0.25) is 0 Å². The van der Waals surface area contributed by atoms with E-state index in [1.165, 1.54) is 49.4 Å². The zero-order valence-corrected chi connectivity index (χ0v) is 24.8. The SMILES string of the molecule is c1ccc(-c2c3ccccc3c(-c3ccc4oc5ccccc5c4c3)c3cc(-c4cccc5oc6ccccc6c45)ccc23)cc1. The van der Waals surface area contributed by atoms with E-state index in [-0.39, 0.29) is 0 Å². The van der Waals surface area contributed by atoms with Gasteiger partial charge in [-0.05, 0) is 91.3 Å². The lowest BCUT2D eigenvalue weighted by Gasteiger charge is -2.19. The molecule has 0 atom stereocenters. The number of hydrogen-bond acceptors (Lipinski definition) is 2. The Morgan fingerprint density at radius 3 is 1.63 bits per heavy atom. The lowest BCUT2D eigenvalue weighted by Crippen LogP contribution is -1.92. The Balaban J connectivity index is 1.34. The summed E-state index contributed by atoms with van der Waals surface area (Å²) in [6.07, 6.45) is 0.